The van der Waals surface area contributed by atoms with E-state index in [-0.39, 0.29) is 6.10 Å². The second-order valence-electron chi connectivity index (χ2n) is 5.83. The summed E-state index contributed by atoms with van der Waals surface area (Å²) in [5.74, 6) is 0. The first kappa shape index (κ1) is 12.0. The fourth-order valence-electron chi connectivity index (χ4n) is 2.37. The molecule has 0 spiro atoms. The van der Waals surface area contributed by atoms with Crippen molar-refractivity contribution in [2.75, 3.05) is 13.1 Å². The summed E-state index contributed by atoms with van der Waals surface area (Å²) in [4.78, 5) is 2.47. The zero-order valence-corrected chi connectivity index (χ0v) is 10.1. The van der Waals surface area contributed by atoms with Crippen molar-refractivity contribution in [3.63, 3.8) is 0 Å². The van der Waals surface area contributed by atoms with Crippen LogP contribution in [0.2, 0.25) is 0 Å². The summed E-state index contributed by atoms with van der Waals surface area (Å²) in [5, 5.41) is 9.70. The third kappa shape index (κ3) is 3.58. The molecule has 1 rings (SSSR count). The van der Waals surface area contributed by atoms with Crippen molar-refractivity contribution in [1.29, 1.82) is 0 Å². The van der Waals surface area contributed by atoms with Crippen molar-refractivity contribution in [2.24, 2.45) is 5.41 Å². The number of piperidine rings is 1. The first-order chi connectivity index (χ1) is 6.40. The van der Waals surface area contributed by atoms with Crippen LogP contribution in [0.3, 0.4) is 0 Å². The molecule has 0 saturated carbocycles. The Bertz CT molecular complexity index is 172. The van der Waals surface area contributed by atoms with Crippen molar-refractivity contribution in [2.45, 2.75) is 59.1 Å². The highest BCUT2D eigenvalue weighted by molar-refractivity contribution is 4.83. The van der Waals surface area contributed by atoms with E-state index in [1.54, 1.807) is 0 Å². The Morgan fingerprint density at radius 3 is 2.50 bits per heavy atom. The summed E-state index contributed by atoms with van der Waals surface area (Å²) in [5.41, 5.74) is 0.338. The fraction of sp³-hybridized carbons (Fsp3) is 1.00. The number of likely N-dealkylation sites (tertiary alicyclic amines) is 1. The molecule has 1 saturated heterocycles. The number of rotatable bonds is 2. The first-order valence-corrected chi connectivity index (χ1v) is 5.82. The molecule has 2 nitrogen and oxygen atoms in total. The van der Waals surface area contributed by atoms with Gasteiger partial charge in [-0.25, -0.2) is 0 Å². The maximum Gasteiger partial charge on any atom is 0.0667 e. The van der Waals surface area contributed by atoms with E-state index in [0.29, 0.717) is 11.5 Å². The van der Waals surface area contributed by atoms with Gasteiger partial charge in [0.15, 0.2) is 0 Å². The summed E-state index contributed by atoms with van der Waals surface area (Å²) in [7, 11) is 0. The monoisotopic (exact) mass is 199 g/mol. The highest BCUT2D eigenvalue weighted by Gasteiger charge is 2.28. The van der Waals surface area contributed by atoms with Gasteiger partial charge in [-0.3, -0.25) is 4.90 Å². The summed E-state index contributed by atoms with van der Waals surface area (Å²) in [6.07, 6.45) is 3.54. The lowest BCUT2D eigenvalue weighted by Crippen LogP contribution is -2.48. The van der Waals surface area contributed by atoms with Crippen LogP contribution in [0.4, 0.5) is 0 Å². The predicted octanol–water partition coefficient (Wildman–Crippen LogP) is 2.27. The van der Waals surface area contributed by atoms with Gasteiger partial charge in [0.2, 0.25) is 0 Å². The number of nitrogens with zero attached hydrogens (tertiary/aromatic N) is 1. The van der Waals surface area contributed by atoms with Crippen LogP contribution < -0.4 is 0 Å². The van der Waals surface area contributed by atoms with Crippen LogP contribution >= 0.6 is 0 Å². The highest BCUT2D eigenvalue weighted by atomic mass is 16.3. The van der Waals surface area contributed by atoms with Crippen LogP contribution in [-0.4, -0.2) is 35.2 Å². The second-order valence-corrected chi connectivity index (χ2v) is 5.83. The zero-order valence-electron chi connectivity index (χ0n) is 10.1. The van der Waals surface area contributed by atoms with Gasteiger partial charge in [0.05, 0.1) is 6.10 Å². The minimum atomic E-state index is -0.183. The quantitative estimate of drug-likeness (QED) is 0.737. The largest absolute Gasteiger partial charge is 0.392 e. The van der Waals surface area contributed by atoms with Crippen LogP contribution in [0.25, 0.3) is 0 Å². The highest BCUT2D eigenvalue weighted by Crippen LogP contribution is 2.24. The average molecular weight is 199 g/mol. The third-order valence-electron chi connectivity index (χ3n) is 2.90. The smallest absolute Gasteiger partial charge is 0.0667 e. The van der Waals surface area contributed by atoms with E-state index in [1.807, 2.05) is 6.92 Å². The van der Waals surface area contributed by atoms with Gasteiger partial charge in [0.25, 0.3) is 0 Å². The molecule has 2 heteroatoms. The van der Waals surface area contributed by atoms with Gasteiger partial charge in [0.1, 0.15) is 0 Å². The van der Waals surface area contributed by atoms with E-state index < -0.39 is 0 Å². The Labute approximate surface area is 88.3 Å². The summed E-state index contributed by atoms with van der Waals surface area (Å²) in [6, 6.07) is 0.392. The second kappa shape index (κ2) is 4.63. The van der Waals surface area contributed by atoms with Gasteiger partial charge in [-0.05, 0) is 31.7 Å². The average Bonchev–Trinajstić information content (AvgIpc) is 2.01. The maximum atomic E-state index is 9.70. The molecule has 0 bridgehead atoms. The molecular weight excluding hydrogens is 174 g/mol. The molecule has 1 aliphatic heterocycles. The molecule has 0 aromatic carbocycles. The third-order valence-corrected chi connectivity index (χ3v) is 2.90. The van der Waals surface area contributed by atoms with Gasteiger partial charge in [-0.2, -0.15) is 0 Å². The Kier molecular flexibility index (Phi) is 3.96. The molecular formula is C12H25NO. The lowest BCUT2D eigenvalue weighted by atomic mass is 9.91. The molecule has 84 valence electrons. The SMILES string of the molecule is CC(O)C1CCCCN1CC(C)(C)C. The molecule has 1 fully saturated rings. The van der Waals surface area contributed by atoms with E-state index in [4.69, 9.17) is 0 Å². The minimum Gasteiger partial charge on any atom is -0.392 e. The Morgan fingerprint density at radius 1 is 1.36 bits per heavy atom. The van der Waals surface area contributed by atoms with Crippen molar-refractivity contribution in [1.82, 2.24) is 4.90 Å². The molecule has 2 unspecified atom stereocenters. The Hall–Kier alpha value is -0.0800. The molecule has 14 heavy (non-hydrogen) atoms. The number of hydrogen-bond acceptors (Lipinski definition) is 2. The van der Waals surface area contributed by atoms with Crippen LogP contribution in [0.15, 0.2) is 0 Å². The molecule has 1 aliphatic rings. The molecule has 1 heterocycles. The number of aliphatic hydroxyl groups is 1. The molecule has 0 radical (unpaired) electrons. The topological polar surface area (TPSA) is 23.5 Å². The van der Waals surface area contributed by atoms with Gasteiger partial charge >= 0.3 is 0 Å². The standard InChI is InChI=1S/C12H25NO/c1-10(14)11-7-5-6-8-13(11)9-12(2,3)4/h10-11,14H,5-9H2,1-4H3. The summed E-state index contributed by atoms with van der Waals surface area (Å²) < 4.78 is 0. The van der Waals surface area contributed by atoms with E-state index in [1.165, 1.54) is 12.8 Å². The van der Waals surface area contributed by atoms with E-state index in [0.717, 1.165) is 19.5 Å². The maximum absolute atomic E-state index is 9.70. The number of hydrogen-bond donors (Lipinski definition) is 1. The molecule has 0 aromatic rings. The fourth-order valence-corrected chi connectivity index (χ4v) is 2.37. The molecule has 0 amide bonds. The van der Waals surface area contributed by atoms with E-state index in [2.05, 4.69) is 25.7 Å². The van der Waals surface area contributed by atoms with Crippen LogP contribution in [0.1, 0.15) is 47.0 Å². The molecule has 1 N–H and O–H groups in total. The van der Waals surface area contributed by atoms with Gasteiger partial charge in [-0.1, -0.05) is 27.2 Å². The van der Waals surface area contributed by atoms with Gasteiger partial charge in [0, 0.05) is 12.6 Å². The van der Waals surface area contributed by atoms with Crippen molar-refractivity contribution in [3.8, 4) is 0 Å². The van der Waals surface area contributed by atoms with Gasteiger partial charge < -0.3 is 5.11 Å². The summed E-state index contributed by atoms with van der Waals surface area (Å²) >= 11 is 0. The van der Waals surface area contributed by atoms with E-state index >= 15 is 0 Å². The minimum absolute atomic E-state index is 0.183. The molecule has 2 atom stereocenters. The predicted molar refractivity (Wildman–Crippen MR) is 60.3 cm³/mol. The van der Waals surface area contributed by atoms with Crippen LogP contribution in [0, 0.1) is 5.41 Å². The Balaban J connectivity index is 2.54. The zero-order chi connectivity index (χ0) is 10.8. The normalized spacial score (nSPS) is 27.6. The van der Waals surface area contributed by atoms with Crippen molar-refractivity contribution < 1.29 is 5.11 Å². The molecule has 0 aromatic heterocycles. The van der Waals surface area contributed by atoms with Gasteiger partial charge in [-0.15, -0.1) is 0 Å². The number of aliphatic hydroxyl groups excluding tert-OH is 1. The van der Waals surface area contributed by atoms with Crippen LogP contribution in [-0.2, 0) is 0 Å². The van der Waals surface area contributed by atoms with Crippen molar-refractivity contribution >= 4 is 0 Å². The van der Waals surface area contributed by atoms with Crippen molar-refractivity contribution in [3.05, 3.63) is 0 Å². The van der Waals surface area contributed by atoms with Crippen LogP contribution in [0.5, 0.6) is 0 Å². The Morgan fingerprint density at radius 2 is 2.00 bits per heavy atom. The lowest BCUT2D eigenvalue weighted by Gasteiger charge is -2.40. The first-order valence-electron chi connectivity index (χ1n) is 5.82. The molecule has 0 aliphatic carbocycles. The van der Waals surface area contributed by atoms with E-state index in [9.17, 15) is 5.11 Å². The lowest BCUT2D eigenvalue weighted by molar-refractivity contribution is 0.0184. The summed E-state index contributed by atoms with van der Waals surface area (Å²) in [6.45, 7) is 11.0.